The van der Waals surface area contributed by atoms with Crippen LogP contribution in [0.3, 0.4) is 0 Å². The van der Waals surface area contributed by atoms with Gasteiger partial charge < -0.3 is 9.47 Å². The van der Waals surface area contributed by atoms with Crippen LogP contribution in [-0.4, -0.2) is 28.8 Å². The van der Waals surface area contributed by atoms with Gasteiger partial charge in [0.2, 0.25) is 11.2 Å². The number of rotatable bonds is 5. The van der Waals surface area contributed by atoms with Crippen LogP contribution in [-0.2, 0) is 10.5 Å². The molecule has 2 aromatic carbocycles. The van der Waals surface area contributed by atoms with E-state index in [-0.39, 0.29) is 12.5 Å². The van der Waals surface area contributed by atoms with E-state index in [0.29, 0.717) is 16.6 Å². The van der Waals surface area contributed by atoms with E-state index < -0.39 is 6.10 Å². The molecule has 0 saturated carbocycles. The monoisotopic (exact) mass is 385 g/mol. The van der Waals surface area contributed by atoms with Gasteiger partial charge in [0.1, 0.15) is 6.61 Å². The van der Waals surface area contributed by atoms with Crippen molar-refractivity contribution in [3.05, 3.63) is 60.2 Å². The van der Waals surface area contributed by atoms with Gasteiger partial charge in [-0.2, -0.15) is 0 Å². The molecule has 26 heavy (non-hydrogen) atoms. The Bertz CT molecular complexity index is 901. The van der Waals surface area contributed by atoms with Gasteiger partial charge in [-0.15, -0.1) is 10.2 Å². The normalized spacial score (nSPS) is 15.5. The number of anilines is 1. The number of thioether (sulfide) groups is 1. The number of para-hydroxylation sites is 2. The van der Waals surface area contributed by atoms with Gasteiger partial charge in [-0.25, -0.2) is 0 Å². The standard InChI is InChI=1S/C18H15N3O3S2/c22-16(15-10-23-13-8-4-5-9-14(13)24-15)19-17-20-21-18(26-17)25-11-12-6-2-1-3-7-12/h1-9,15H,10-11H2,(H,19,20,22)/t15-/m0/s1. The number of carbonyl (C=O) groups is 1. The predicted octanol–water partition coefficient (Wildman–Crippen LogP) is 3.61. The summed E-state index contributed by atoms with van der Waals surface area (Å²) in [5.74, 6) is 1.72. The van der Waals surface area contributed by atoms with E-state index in [9.17, 15) is 4.79 Å². The number of ether oxygens (including phenoxy) is 2. The molecule has 6 nitrogen and oxygen atoms in total. The van der Waals surface area contributed by atoms with Crippen LogP contribution in [0, 0.1) is 0 Å². The minimum Gasteiger partial charge on any atom is -0.485 e. The Hall–Kier alpha value is -2.58. The topological polar surface area (TPSA) is 73.3 Å². The van der Waals surface area contributed by atoms with E-state index in [1.165, 1.54) is 16.9 Å². The second kappa shape index (κ2) is 7.76. The lowest BCUT2D eigenvalue weighted by molar-refractivity contribution is -0.125. The summed E-state index contributed by atoms with van der Waals surface area (Å²) in [6.45, 7) is 0.164. The Labute approximate surface area is 158 Å². The number of benzene rings is 2. The van der Waals surface area contributed by atoms with Crippen molar-refractivity contribution in [2.75, 3.05) is 11.9 Å². The molecule has 0 radical (unpaired) electrons. The second-order valence-corrected chi connectivity index (χ2v) is 7.70. The predicted molar refractivity (Wildman–Crippen MR) is 101 cm³/mol. The highest BCUT2D eigenvalue weighted by Crippen LogP contribution is 2.32. The van der Waals surface area contributed by atoms with Crippen LogP contribution in [0.2, 0.25) is 0 Å². The quantitative estimate of drug-likeness (QED) is 0.534. The molecule has 0 unspecified atom stereocenters. The molecule has 1 N–H and O–H groups in total. The molecule has 0 bridgehead atoms. The molecular formula is C18H15N3O3S2. The van der Waals surface area contributed by atoms with Crippen molar-refractivity contribution in [1.29, 1.82) is 0 Å². The molecule has 3 aromatic rings. The largest absolute Gasteiger partial charge is 0.485 e. The molecule has 1 aliphatic heterocycles. The van der Waals surface area contributed by atoms with Crippen molar-refractivity contribution in [1.82, 2.24) is 10.2 Å². The fraction of sp³-hybridized carbons (Fsp3) is 0.167. The molecule has 1 atom stereocenters. The lowest BCUT2D eigenvalue weighted by atomic mass is 10.2. The highest BCUT2D eigenvalue weighted by atomic mass is 32.2. The number of hydrogen-bond donors (Lipinski definition) is 1. The molecule has 0 aliphatic carbocycles. The van der Waals surface area contributed by atoms with E-state index in [4.69, 9.17) is 9.47 Å². The van der Waals surface area contributed by atoms with Crippen LogP contribution in [0.15, 0.2) is 58.9 Å². The van der Waals surface area contributed by atoms with Gasteiger partial charge in [0.25, 0.3) is 5.91 Å². The van der Waals surface area contributed by atoms with Gasteiger partial charge >= 0.3 is 0 Å². The fourth-order valence-corrected chi connectivity index (χ4v) is 4.08. The number of fused-ring (bicyclic) bond motifs is 1. The van der Waals surface area contributed by atoms with Gasteiger partial charge in [-0.1, -0.05) is 65.6 Å². The van der Waals surface area contributed by atoms with Crippen molar-refractivity contribution in [3.63, 3.8) is 0 Å². The van der Waals surface area contributed by atoms with Crippen LogP contribution >= 0.6 is 23.1 Å². The van der Waals surface area contributed by atoms with Crippen LogP contribution in [0.5, 0.6) is 11.5 Å². The third-order valence-corrected chi connectivity index (χ3v) is 5.69. The zero-order valence-corrected chi connectivity index (χ0v) is 15.3. The zero-order chi connectivity index (χ0) is 17.8. The van der Waals surface area contributed by atoms with Crippen molar-refractivity contribution in [2.24, 2.45) is 0 Å². The summed E-state index contributed by atoms with van der Waals surface area (Å²) in [5, 5.41) is 11.3. The van der Waals surface area contributed by atoms with Crippen molar-refractivity contribution in [2.45, 2.75) is 16.2 Å². The number of carbonyl (C=O) groups excluding carboxylic acids is 1. The summed E-state index contributed by atoms with van der Waals surface area (Å²) < 4.78 is 12.1. The number of hydrogen-bond acceptors (Lipinski definition) is 7. The maximum Gasteiger partial charge on any atom is 0.270 e. The average Bonchev–Trinajstić information content (AvgIpc) is 3.14. The first kappa shape index (κ1) is 16.9. The molecule has 8 heteroatoms. The van der Waals surface area contributed by atoms with Gasteiger partial charge in [-0.05, 0) is 17.7 Å². The number of nitrogens with zero attached hydrogens (tertiary/aromatic N) is 2. The summed E-state index contributed by atoms with van der Waals surface area (Å²) in [7, 11) is 0. The molecule has 2 heterocycles. The summed E-state index contributed by atoms with van der Waals surface area (Å²) >= 11 is 2.93. The van der Waals surface area contributed by atoms with E-state index in [2.05, 4.69) is 27.6 Å². The van der Waals surface area contributed by atoms with Gasteiger partial charge in [-0.3, -0.25) is 10.1 Å². The van der Waals surface area contributed by atoms with E-state index in [0.717, 1.165) is 10.1 Å². The van der Waals surface area contributed by atoms with Crippen LogP contribution in [0.1, 0.15) is 5.56 Å². The first-order valence-electron chi connectivity index (χ1n) is 7.97. The lowest BCUT2D eigenvalue weighted by Crippen LogP contribution is -2.40. The Kier molecular flexibility index (Phi) is 5.03. The molecule has 132 valence electrons. The van der Waals surface area contributed by atoms with Gasteiger partial charge in [0.15, 0.2) is 15.8 Å². The molecule has 0 saturated heterocycles. The maximum atomic E-state index is 12.4. The van der Waals surface area contributed by atoms with Crippen LogP contribution < -0.4 is 14.8 Å². The molecule has 1 amide bonds. The molecule has 1 aliphatic rings. The Morgan fingerprint density at radius 2 is 1.88 bits per heavy atom. The van der Waals surface area contributed by atoms with Crippen molar-refractivity contribution < 1.29 is 14.3 Å². The van der Waals surface area contributed by atoms with Crippen LogP contribution in [0.4, 0.5) is 5.13 Å². The van der Waals surface area contributed by atoms with Crippen LogP contribution in [0.25, 0.3) is 0 Å². The minimum atomic E-state index is -0.714. The highest BCUT2D eigenvalue weighted by molar-refractivity contribution is 8.00. The molecule has 4 rings (SSSR count). The second-order valence-electron chi connectivity index (χ2n) is 5.50. The lowest BCUT2D eigenvalue weighted by Gasteiger charge is -2.25. The first-order chi connectivity index (χ1) is 12.8. The third kappa shape index (κ3) is 3.97. The first-order valence-corrected chi connectivity index (χ1v) is 9.78. The maximum absolute atomic E-state index is 12.4. The average molecular weight is 385 g/mol. The number of amides is 1. The smallest absolute Gasteiger partial charge is 0.270 e. The van der Waals surface area contributed by atoms with Gasteiger partial charge in [0.05, 0.1) is 0 Å². The number of aromatic nitrogens is 2. The zero-order valence-electron chi connectivity index (χ0n) is 13.6. The molecule has 0 fully saturated rings. The minimum absolute atomic E-state index is 0.164. The Morgan fingerprint density at radius 3 is 2.73 bits per heavy atom. The number of nitrogens with one attached hydrogen (secondary N) is 1. The molecule has 1 aromatic heterocycles. The Morgan fingerprint density at radius 1 is 1.12 bits per heavy atom. The fourth-order valence-electron chi connectivity index (χ4n) is 2.37. The highest BCUT2D eigenvalue weighted by Gasteiger charge is 2.28. The van der Waals surface area contributed by atoms with Crippen molar-refractivity contribution >= 4 is 34.1 Å². The molecular weight excluding hydrogens is 370 g/mol. The van der Waals surface area contributed by atoms with E-state index in [1.807, 2.05) is 36.4 Å². The SMILES string of the molecule is O=C(Nc1nnc(SCc2ccccc2)s1)[C@@H]1COc2ccccc2O1. The summed E-state index contributed by atoms with van der Waals surface area (Å²) in [6, 6.07) is 17.4. The molecule has 0 spiro atoms. The summed E-state index contributed by atoms with van der Waals surface area (Å²) in [6.07, 6.45) is -0.714. The summed E-state index contributed by atoms with van der Waals surface area (Å²) in [4.78, 5) is 12.4. The Balaban J connectivity index is 1.33. The van der Waals surface area contributed by atoms with Crippen molar-refractivity contribution in [3.8, 4) is 11.5 Å². The van der Waals surface area contributed by atoms with E-state index >= 15 is 0 Å². The third-order valence-electron chi connectivity index (χ3n) is 3.64. The van der Waals surface area contributed by atoms with E-state index in [1.54, 1.807) is 17.8 Å². The summed E-state index contributed by atoms with van der Waals surface area (Å²) in [5.41, 5.74) is 1.21. The van der Waals surface area contributed by atoms with Gasteiger partial charge in [0, 0.05) is 5.75 Å².